The van der Waals surface area contributed by atoms with Crippen molar-refractivity contribution in [3.05, 3.63) is 12.2 Å². The van der Waals surface area contributed by atoms with Crippen LogP contribution in [0.1, 0.15) is 33.1 Å². The van der Waals surface area contributed by atoms with Crippen LogP contribution in [-0.2, 0) is 9.53 Å². The molecule has 0 radical (unpaired) electrons. The molecule has 1 aliphatic carbocycles. The van der Waals surface area contributed by atoms with Crippen molar-refractivity contribution in [3.8, 4) is 0 Å². The van der Waals surface area contributed by atoms with Crippen LogP contribution >= 0.6 is 0 Å². The Morgan fingerprint density at radius 1 is 1.38 bits per heavy atom. The number of esters is 1. The van der Waals surface area contributed by atoms with E-state index in [1.165, 1.54) is 26.2 Å². The lowest BCUT2D eigenvalue weighted by Crippen LogP contribution is -1.95. The molecule has 78 valence electrons. The van der Waals surface area contributed by atoms with Crippen molar-refractivity contribution in [3.63, 3.8) is 0 Å². The summed E-state index contributed by atoms with van der Waals surface area (Å²) in [4.78, 5) is 9.82. The van der Waals surface area contributed by atoms with Crippen LogP contribution < -0.4 is 0 Å². The fourth-order valence-corrected chi connectivity index (χ4v) is 0.793. The number of aliphatic hydroxyl groups is 1. The van der Waals surface area contributed by atoms with Gasteiger partial charge in [-0.05, 0) is 26.2 Å². The van der Waals surface area contributed by atoms with Gasteiger partial charge < -0.3 is 9.84 Å². The molecule has 0 spiro atoms. The summed E-state index contributed by atoms with van der Waals surface area (Å²) in [5.74, 6) is -0.211. The zero-order valence-electron chi connectivity index (χ0n) is 8.75. The van der Waals surface area contributed by atoms with Crippen LogP contribution in [0.15, 0.2) is 12.2 Å². The second kappa shape index (κ2) is 13.7. The van der Waals surface area contributed by atoms with E-state index >= 15 is 0 Å². The molecule has 0 aliphatic heterocycles. The molecule has 0 aromatic rings. The van der Waals surface area contributed by atoms with Crippen molar-refractivity contribution < 1.29 is 14.6 Å². The van der Waals surface area contributed by atoms with Gasteiger partial charge in [0, 0.05) is 14.0 Å². The fourth-order valence-electron chi connectivity index (χ4n) is 0.793. The summed E-state index contributed by atoms with van der Waals surface area (Å²) < 4.78 is 4.40. The van der Waals surface area contributed by atoms with Gasteiger partial charge in [-0.1, -0.05) is 12.2 Å². The van der Waals surface area contributed by atoms with E-state index in [4.69, 9.17) is 5.11 Å². The molecule has 0 bridgehead atoms. The van der Waals surface area contributed by atoms with E-state index in [1.807, 2.05) is 0 Å². The number of aliphatic hydroxyl groups excluding tert-OH is 1. The average molecular weight is 188 g/mol. The maximum atomic E-state index is 9.82. The van der Waals surface area contributed by atoms with E-state index in [9.17, 15) is 4.79 Å². The third-order valence-corrected chi connectivity index (χ3v) is 1.26. The molecule has 1 N–H and O–H groups in total. The smallest absolute Gasteiger partial charge is 0.302 e. The van der Waals surface area contributed by atoms with Gasteiger partial charge in [0.15, 0.2) is 0 Å². The molecule has 0 heterocycles. The highest BCUT2D eigenvalue weighted by Crippen LogP contribution is 2.05. The molecule has 1 aliphatic rings. The summed E-state index contributed by atoms with van der Waals surface area (Å²) in [7, 11) is 1.00. The highest BCUT2D eigenvalue weighted by atomic mass is 16.5. The molecule has 0 saturated carbocycles. The van der Waals surface area contributed by atoms with Crippen molar-refractivity contribution in [2.45, 2.75) is 33.1 Å². The van der Waals surface area contributed by atoms with Gasteiger partial charge in [-0.25, -0.2) is 0 Å². The van der Waals surface area contributed by atoms with Crippen LogP contribution in [0.25, 0.3) is 0 Å². The Morgan fingerprint density at radius 2 is 1.85 bits per heavy atom. The lowest BCUT2D eigenvalue weighted by molar-refractivity contribution is -0.140. The first-order chi connectivity index (χ1) is 6.27. The van der Waals surface area contributed by atoms with E-state index in [1.54, 1.807) is 6.92 Å². The summed E-state index contributed by atoms with van der Waals surface area (Å²) in [5, 5.41) is 7.00. The maximum absolute atomic E-state index is 9.82. The third kappa shape index (κ3) is 18.3. The molecule has 13 heavy (non-hydrogen) atoms. The normalized spacial score (nSPS) is 12.0. The standard InChI is InChI=1S/C5H8.C4H8O2.CH4O/c1-2-4-5-3-1;1-3-6-4(2)5;1-2/h1-2H,3-5H2;3H2,1-2H3;2H,1H3. The van der Waals surface area contributed by atoms with Crippen LogP contribution in [0, 0.1) is 0 Å². The Bertz CT molecular complexity index is 124. The van der Waals surface area contributed by atoms with Gasteiger partial charge in [0.2, 0.25) is 0 Å². The number of carbonyl (C=O) groups excluding carboxylic acids is 1. The van der Waals surface area contributed by atoms with Gasteiger partial charge in [0.25, 0.3) is 0 Å². The van der Waals surface area contributed by atoms with Gasteiger partial charge in [-0.3, -0.25) is 4.79 Å². The maximum Gasteiger partial charge on any atom is 0.302 e. The van der Waals surface area contributed by atoms with Gasteiger partial charge in [0.05, 0.1) is 6.61 Å². The highest BCUT2D eigenvalue weighted by Gasteiger charge is 1.84. The summed E-state index contributed by atoms with van der Waals surface area (Å²) in [6.07, 6.45) is 8.50. The summed E-state index contributed by atoms with van der Waals surface area (Å²) in [6, 6.07) is 0. The molecule has 0 atom stereocenters. The van der Waals surface area contributed by atoms with E-state index in [2.05, 4.69) is 16.9 Å². The Kier molecular flexibility index (Phi) is 15.5. The Morgan fingerprint density at radius 3 is 1.92 bits per heavy atom. The van der Waals surface area contributed by atoms with Crippen LogP contribution in [-0.4, -0.2) is 24.8 Å². The largest absolute Gasteiger partial charge is 0.466 e. The number of hydrogen-bond donors (Lipinski definition) is 1. The molecule has 3 heteroatoms. The molecular weight excluding hydrogens is 168 g/mol. The lowest BCUT2D eigenvalue weighted by Gasteiger charge is -1.89. The van der Waals surface area contributed by atoms with Crippen molar-refractivity contribution in [2.75, 3.05) is 13.7 Å². The SMILES string of the molecule is C1=CCCC1.CCOC(C)=O.CO. The Labute approximate surface area is 80.4 Å². The van der Waals surface area contributed by atoms with Gasteiger partial charge in [-0.15, -0.1) is 0 Å². The van der Waals surface area contributed by atoms with E-state index in [0.29, 0.717) is 6.61 Å². The number of hydrogen-bond acceptors (Lipinski definition) is 3. The first kappa shape index (κ1) is 14.7. The van der Waals surface area contributed by atoms with Crippen LogP contribution in [0.2, 0.25) is 0 Å². The molecule has 1 rings (SSSR count). The van der Waals surface area contributed by atoms with Crippen LogP contribution in [0.4, 0.5) is 0 Å². The van der Waals surface area contributed by atoms with Crippen molar-refractivity contribution in [1.29, 1.82) is 0 Å². The van der Waals surface area contributed by atoms with Crippen molar-refractivity contribution in [1.82, 2.24) is 0 Å². The molecular formula is C10H20O3. The Hall–Kier alpha value is -0.830. The first-order valence-electron chi connectivity index (χ1n) is 4.50. The van der Waals surface area contributed by atoms with E-state index in [-0.39, 0.29) is 5.97 Å². The molecule has 0 unspecified atom stereocenters. The summed E-state index contributed by atoms with van der Waals surface area (Å²) in [6.45, 7) is 3.65. The minimum atomic E-state index is -0.211. The molecule has 0 fully saturated rings. The van der Waals surface area contributed by atoms with Crippen LogP contribution in [0.3, 0.4) is 0 Å². The average Bonchev–Trinajstić information content (AvgIpc) is 2.64. The summed E-state index contributed by atoms with van der Waals surface area (Å²) >= 11 is 0. The molecule has 0 aromatic carbocycles. The number of allylic oxidation sites excluding steroid dienone is 2. The highest BCUT2D eigenvalue weighted by molar-refractivity contribution is 5.65. The Balaban J connectivity index is 0. The summed E-state index contributed by atoms with van der Waals surface area (Å²) in [5.41, 5.74) is 0. The molecule has 0 saturated heterocycles. The second-order valence-corrected chi connectivity index (χ2v) is 2.33. The van der Waals surface area contributed by atoms with Crippen molar-refractivity contribution >= 4 is 5.97 Å². The number of ether oxygens (including phenoxy) is 1. The van der Waals surface area contributed by atoms with E-state index in [0.717, 1.165) is 7.11 Å². The van der Waals surface area contributed by atoms with E-state index < -0.39 is 0 Å². The monoisotopic (exact) mass is 188 g/mol. The first-order valence-corrected chi connectivity index (χ1v) is 4.50. The zero-order valence-corrected chi connectivity index (χ0v) is 8.75. The number of carbonyl (C=O) groups is 1. The second-order valence-electron chi connectivity index (χ2n) is 2.33. The van der Waals surface area contributed by atoms with Gasteiger partial charge >= 0.3 is 5.97 Å². The van der Waals surface area contributed by atoms with Gasteiger partial charge in [0.1, 0.15) is 0 Å². The predicted molar refractivity (Wildman–Crippen MR) is 53.4 cm³/mol. The molecule has 3 nitrogen and oxygen atoms in total. The topological polar surface area (TPSA) is 46.5 Å². The minimum Gasteiger partial charge on any atom is -0.466 e. The minimum absolute atomic E-state index is 0.211. The fraction of sp³-hybridized carbons (Fsp3) is 0.700. The quantitative estimate of drug-likeness (QED) is 0.505. The zero-order chi connectivity index (χ0) is 10.5. The van der Waals surface area contributed by atoms with Crippen molar-refractivity contribution in [2.24, 2.45) is 0 Å². The van der Waals surface area contributed by atoms with Crippen LogP contribution in [0.5, 0.6) is 0 Å². The lowest BCUT2D eigenvalue weighted by atomic mass is 10.4. The third-order valence-electron chi connectivity index (χ3n) is 1.26. The predicted octanol–water partition coefficient (Wildman–Crippen LogP) is 1.90. The number of rotatable bonds is 1. The molecule has 0 amide bonds. The van der Waals surface area contributed by atoms with Gasteiger partial charge in [-0.2, -0.15) is 0 Å². The molecule has 0 aromatic heterocycles.